The molecule has 0 bridgehead atoms. The lowest BCUT2D eigenvalue weighted by Gasteiger charge is -1.82. The number of hydrogen-bond acceptors (Lipinski definition) is 0. The van der Waals surface area contributed by atoms with E-state index in [2.05, 4.69) is 19.9 Å². The van der Waals surface area contributed by atoms with Crippen LogP contribution in [0.5, 0.6) is 0 Å². The Morgan fingerprint density at radius 3 is 2.44 bits per heavy atom. The minimum atomic E-state index is 0.894. The maximum atomic E-state index is 3.69. The van der Waals surface area contributed by atoms with Gasteiger partial charge in [0.2, 0.25) is 0 Å². The number of rotatable bonds is 3. The zero-order valence-corrected chi connectivity index (χ0v) is 5.80. The van der Waals surface area contributed by atoms with Crippen molar-refractivity contribution in [1.29, 1.82) is 0 Å². The third-order valence-electron chi connectivity index (χ3n) is 0.805. The van der Waals surface area contributed by atoms with Crippen LogP contribution in [0.3, 0.4) is 0 Å². The van der Waals surface area contributed by atoms with Crippen LogP contribution in [-0.4, -0.2) is 18.3 Å². The van der Waals surface area contributed by atoms with Crippen molar-refractivity contribution < 1.29 is 4.58 Å². The third kappa shape index (κ3) is 4.75. The van der Waals surface area contributed by atoms with Crippen LogP contribution in [0.15, 0.2) is 37.1 Å². The van der Waals surface area contributed by atoms with Crippen molar-refractivity contribution in [3.63, 3.8) is 0 Å². The Morgan fingerprint density at radius 1 is 1.56 bits per heavy atom. The first-order valence-corrected chi connectivity index (χ1v) is 2.69. The second-order valence-corrected chi connectivity index (χ2v) is 1.85. The molecule has 0 aliphatic carbocycles. The van der Waals surface area contributed by atoms with Crippen molar-refractivity contribution in [2.24, 2.45) is 0 Å². The lowest BCUT2D eigenvalue weighted by molar-refractivity contribution is -0.412. The molecule has 0 spiro atoms. The first kappa shape index (κ1) is 7.89. The van der Waals surface area contributed by atoms with Gasteiger partial charge in [-0.3, -0.25) is 0 Å². The van der Waals surface area contributed by atoms with Gasteiger partial charge in [-0.25, -0.2) is 4.58 Å². The Balaban J connectivity index is 3.85. The summed E-state index contributed by atoms with van der Waals surface area (Å²) < 4.78 is 1.70. The molecular weight excluding hydrogens is 110 g/mol. The maximum absolute atomic E-state index is 3.69. The minimum Gasteiger partial charge on any atom is -0.214 e. The van der Waals surface area contributed by atoms with Crippen LogP contribution in [0.1, 0.15) is 0 Å². The van der Waals surface area contributed by atoms with Gasteiger partial charge in [0, 0.05) is 6.08 Å². The van der Waals surface area contributed by atoms with Crippen LogP contribution in [0, 0.1) is 0 Å². The van der Waals surface area contributed by atoms with E-state index in [0.717, 1.165) is 5.57 Å². The molecule has 0 rings (SSSR count). The summed E-state index contributed by atoms with van der Waals surface area (Å²) in [4.78, 5) is 0. The second-order valence-electron chi connectivity index (χ2n) is 1.85. The largest absolute Gasteiger partial charge is 0.214 e. The van der Waals surface area contributed by atoms with Gasteiger partial charge in [-0.15, -0.1) is 0 Å². The first-order valence-electron chi connectivity index (χ1n) is 2.69. The number of nitrogens with zero attached hydrogens (tertiary/aromatic N) is 1. The van der Waals surface area contributed by atoms with Crippen LogP contribution >= 0.6 is 0 Å². The molecule has 0 saturated carbocycles. The number of hydrogen-bond donors (Lipinski definition) is 0. The summed E-state index contributed by atoms with van der Waals surface area (Å²) in [6, 6.07) is 0. The summed E-state index contributed by atoms with van der Waals surface area (Å²) in [6.45, 7) is 10.9. The number of allylic oxidation sites excluding steroid dienone is 3. The summed E-state index contributed by atoms with van der Waals surface area (Å²) in [5, 5.41) is 0. The second kappa shape index (κ2) is 3.84. The van der Waals surface area contributed by atoms with Gasteiger partial charge in [-0.05, 0) is 5.57 Å². The Morgan fingerprint density at radius 2 is 2.11 bits per heavy atom. The van der Waals surface area contributed by atoms with E-state index >= 15 is 0 Å². The minimum absolute atomic E-state index is 0.894. The molecule has 0 aliphatic heterocycles. The van der Waals surface area contributed by atoms with Gasteiger partial charge < -0.3 is 0 Å². The average Bonchev–Trinajstić information content (AvgIpc) is 1.83. The Bertz CT molecular complexity index is 163. The van der Waals surface area contributed by atoms with Crippen LogP contribution < -0.4 is 0 Å². The normalized spacial score (nSPS) is 9.44. The van der Waals surface area contributed by atoms with E-state index in [0.29, 0.717) is 0 Å². The fourth-order valence-corrected chi connectivity index (χ4v) is 0.291. The van der Waals surface area contributed by atoms with Crippen molar-refractivity contribution in [2.45, 2.75) is 0 Å². The fraction of sp³-hybridized carbons (Fsp3) is 0.125. The van der Waals surface area contributed by atoms with Gasteiger partial charge in [-0.1, -0.05) is 19.2 Å². The summed E-state index contributed by atoms with van der Waals surface area (Å²) in [5.41, 5.74) is 0.894. The lowest BCUT2D eigenvalue weighted by atomic mass is 10.3. The van der Waals surface area contributed by atoms with E-state index in [1.165, 1.54) is 0 Å². The quantitative estimate of drug-likeness (QED) is 0.304. The van der Waals surface area contributed by atoms with Crippen molar-refractivity contribution in [3.05, 3.63) is 37.1 Å². The summed E-state index contributed by atoms with van der Waals surface area (Å²) in [6.07, 6.45) is 5.37. The highest BCUT2D eigenvalue weighted by atomic mass is 14.9. The maximum Gasteiger partial charge on any atom is 0.168 e. The Kier molecular flexibility index (Phi) is 3.37. The molecule has 0 saturated heterocycles. The highest BCUT2D eigenvalue weighted by molar-refractivity contribution is 5.24. The van der Waals surface area contributed by atoms with Gasteiger partial charge in [0.1, 0.15) is 13.8 Å². The highest BCUT2D eigenvalue weighted by Crippen LogP contribution is 1.91. The topological polar surface area (TPSA) is 3.01 Å². The van der Waals surface area contributed by atoms with Gasteiger partial charge in [-0.2, -0.15) is 0 Å². The molecule has 48 valence electrons. The Labute approximate surface area is 56.3 Å². The van der Waals surface area contributed by atoms with Crippen LogP contribution in [0.2, 0.25) is 0 Å². The SMILES string of the molecule is C=CC(=C)/C=C\[N+](=C)C. The third-order valence-corrected chi connectivity index (χ3v) is 0.805. The molecule has 0 unspecified atom stereocenters. The van der Waals surface area contributed by atoms with Crippen LogP contribution in [0.4, 0.5) is 0 Å². The highest BCUT2D eigenvalue weighted by Gasteiger charge is 1.80. The van der Waals surface area contributed by atoms with Gasteiger partial charge >= 0.3 is 0 Å². The van der Waals surface area contributed by atoms with Crippen molar-refractivity contribution in [2.75, 3.05) is 7.05 Å². The van der Waals surface area contributed by atoms with Gasteiger partial charge in [0.15, 0.2) is 6.20 Å². The molecule has 0 aromatic heterocycles. The molecule has 0 N–H and O–H groups in total. The van der Waals surface area contributed by atoms with Crippen molar-refractivity contribution in [1.82, 2.24) is 0 Å². The van der Waals surface area contributed by atoms with Crippen LogP contribution in [-0.2, 0) is 0 Å². The molecule has 0 aromatic carbocycles. The molecule has 1 heteroatoms. The molecule has 0 aliphatic rings. The molecule has 0 atom stereocenters. The van der Waals surface area contributed by atoms with E-state index in [-0.39, 0.29) is 0 Å². The molecule has 1 nitrogen and oxygen atoms in total. The molecule has 0 amide bonds. The standard InChI is InChI=1S/C8H12N/c1-5-8(2)6-7-9(3)4/h5-7H,1-3H2,4H3/q+1/b7-6-. The predicted molar refractivity (Wildman–Crippen MR) is 41.8 cm³/mol. The molecule has 0 radical (unpaired) electrons. The lowest BCUT2D eigenvalue weighted by Crippen LogP contribution is -1.87. The Hall–Kier alpha value is -1.11. The summed E-state index contributed by atoms with van der Waals surface area (Å²) in [5.74, 6) is 0. The zero-order chi connectivity index (χ0) is 7.28. The molecule has 0 heterocycles. The van der Waals surface area contributed by atoms with E-state index < -0.39 is 0 Å². The first-order chi connectivity index (χ1) is 4.16. The van der Waals surface area contributed by atoms with Crippen LogP contribution in [0.25, 0.3) is 0 Å². The van der Waals surface area contributed by atoms with E-state index in [1.807, 2.05) is 19.3 Å². The predicted octanol–water partition coefficient (Wildman–Crippen LogP) is 1.59. The van der Waals surface area contributed by atoms with E-state index in [1.54, 1.807) is 10.7 Å². The van der Waals surface area contributed by atoms with E-state index in [9.17, 15) is 0 Å². The fourth-order valence-electron chi connectivity index (χ4n) is 0.291. The van der Waals surface area contributed by atoms with Crippen molar-refractivity contribution in [3.8, 4) is 0 Å². The van der Waals surface area contributed by atoms with Gasteiger partial charge in [0.05, 0.1) is 0 Å². The van der Waals surface area contributed by atoms with E-state index in [4.69, 9.17) is 0 Å². The average molecular weight is 122 g/mol. The smallest absolute Gasteiger partial charge is 0.168 e. The summed E-state index contributed by atoms with van der Waals surface area (Å²) >= 11 is 0. The van der Waals surface area contributed by atoms with Crippen molar-refractivity contribution >= 4 is 6.72 Å². The molecule has 0 aromatic rings. The monoisotopic (exact) mass is 122 g/mol. The van der Waals surface area contributed by atoms with Gasteiger partial charge in [0.25, 0.3) is 0 Å². The summed E-state index contributed by atoms with van der Waals surface area (Å²) in [7, 11) is 1.85. The zero-order valence-electron chi connectivity index (χ0n) is 5.80. The molecule has 0 fully saturated rings. The molecule has 9 heavy (non-hydrogen) atoms. The molecular formula is C8H12N+.